The molecule has 0 aromatic heterocycles. The molecule has 5 nitrogen and oxygen atoms in total. The number of anilines is 1. The molecule has 0 saturated carbocycles. The minimum atomic E-state index is -0.844. The largest absolute Gasteiger partial charge is 0.491 e. The van der Waals surface area contributed by atoms with Gasteiger partial charge in [-0.15, -0.1) is 0 Å². The summed E-state index contributed by atoms with van der Waals surface area (Å²) in [5.74, 6) is 0.662. The highest BCUT2D eigenvalue weighted by atomic mass is 16.5. The lowest BCUT2D eigenvalue weighted by Crippen LogP contribution is -2.21. The summed E-state index contributed by atoms with van der Waals surface area (Å²) in [6.45, 7) is 1.27. The van der Waals surface area contributed by atoms with E-state index in [0.717, 1.165) is 18.7 Å². The Hall–Kier alpha value is -1.30. The molecule has 0 fully saturated rings. The third-order valence-electron chi connectivity index (χ3n) is 2.20. The SMILES string of the molecule is NCCCNc1cccc(OCC(O)CO)c1. The predicted octanol–water partition coefficient (Wildman–Crippen LogP) is 0.179. The van der Waals surface area contributed by atoms with Crippen LogP contribution < -0.4 is 15.8 Å². The number of ether oxygens (including phenoxy) is 1. The van der Waals surface area contributed by atoms with Gasteiger partial charge in [0.2, 0.25) is 0 Å². The molecule has 0 amide bonds. The smallest absolute Gasteiger partial charge is 0.121 e. The molecule has 0 heterocycles. The van der Waals surface area contributed by atoms with E-state index in [1.54, 1.807) is 6.07 Å². The number of benzene rings is 1. The maximum absolute atomic E-state index is 9.16. The molecule has 0 aliphatic heterocycles. The highest BCUT2D eigenvalue weighted by molar-refractivity contribution is 5.48. The Labute approximate surface area is 101 Å². The van der Waals surface area contributed by atoms with Crippen molar-refractivity contribution in [2.45, 2.75) is 12.5 Å². The van der Waals surface area contributed by atoms with E-state index in [2.05, 4.69) is 5.32 Å². The Morgan fingerprint density at radius 2 is 2.24 bits per heavy atom. The topological polar surface area (TPSA) is 87.7 Å². The van der Waals surface area contributed by atoms with Gasteiger partial charge in [0.05, 0.1) is 6.61 Å². The molecule has 0 spiro atoms. The van der Waals surface area contributed by atoms with Crippen molar-refractivity contribution < 1.29 is 14.9 Å². The number of nitrogens with one attached hydrogen (secondary N) is 1. The summed E-state index contributed by atoms with van der Waals surface area (Å²) >= 11 is 0. The molecule has 1 aromatic rings. The zero-order valence-corrected chi connectivity index (χ0v) is 9.80. The van der Waals surface area contributed by atoms with Crippen LogP contribution in [0.25, 0.3) is 0 Å². The van der Waals surface area contributed by atoms with Gasteiger partial charge in [0.25, 0.3) is 0 Å². The quantitative estimate of drug-likeness (QED) is 0.487. The van der Waals surface area contributed by atoms with Gasteiger partial charge >= 0.3 is 0 Å². The standard InChI is InChI=1S/C12H20N2O3/c13-5-2-6-14-10-3-1-4-12(7-10)17-9-11(16)8-15/h1,3-4,7,11,14-16H,2,5-6,8-9,13H2. The number of hydrogen-bond donors (Lipinski definition) is 4. The summed E-state index contributed by atoms with van der Waals surface area (Å²) in [5, 5.41) is 21.0. The second kappa shape index (κ2) is 7.89. The molecule has 5 heteroatoms. The van der Waals surface area contributed by atoms with Crippen LogP contribution in [0, 0.1) is 0 Å². The fourth-order valence-corrected chi connectivity index (χ4v) is 1.28. The normalized spacial score (nSPS) is 12.2. The first kappa shape index (κ1) is 13.8. The number of nitrogens with two attached hydrogens (primary N) is 1. The van der Waals surface area contributed by atoms with Crippen LogP contribution in [0.3, 0.4) is 0 Å². The van der Waals surface area contributed by atoms with Crippen molar-refractivity contribution in [3.63, 3.8) is 0 Å². The van der Waals surface area contributed by atoms with Crippen molar-refractivity contribution in [2.75, 3.05) is 31.6 Å². The summed E-state index contributed by atoms with van der Waals surface area (Å²) in [6.07, 6.45) is 0.0674. The average molecular weight is 240 g/mol. The van der Waals surface area contributed by atoms with Crippen LogP contribution in [0.15, 0.2) is 24.3 Å². The van der Waals surface area contributed by atoms with Crippen molar-refractivity contribution in [2.24, 2.45) is 5.73 Å². The van der Waals surface area contributed by atoms with Crippen LogP contribution in [0.4, 0.5) is 5.69 Å². The Morgan fingerprint density at radius 3 is 2.94 bits per heavy atom. The molecule has 1 aromatic carbocycles. The lowest BCUT2D eigenvalue weighted by molar-refractivity contribution is 0.0536. The summed E-state index contributed by atoms with van der Waals surface area (Å²) in [5.41, 5.74) is 6.36. The summed E-state index contributed by atoms with van der Waals surface area (Å²) in [6, 6.07) is 7.45. The molecular weight excluding hydrogens is 220 g/mol. The first-order chi connectivity index (χ1) is 8.26. The van der Waals surface area contributed by atoms with E-state index in [1.165, 1.54) is 0 Å². The first-order valence-electron chi connectivity index (χ1n) is 5.72. The van der Waals surface area contributed by atoms with Crippen molar-refractivity contribution in [3.05, 3.63) is 24.3 Å². The fourth-order valence-electron chi connectivity index (χ4n) is 1.28. The molecule has 1 rings (SSSR count). The Balaban J connectivity index is 2.42. The van der Waals surface area contributed by atoms with E-state index in [0.29, 0.717) is 12.3 Å². The monoisotopic (exact) mass is 240 g/mol. The van der Waals surface area contributed by atoms with Crippen molar-refractivity contribution in [3.8, 4) is 5.75 Å². The van der Waals surface area contributed by atoms with E-state index in [4.69, 9.17) is 20.7 Å². The molecule has 1 atom stereocenters. The average Bonchev–Trinajstić information content (AvgIpc) is 2.37. The van der Waals surface area contributed by atoms with Crippen LogP contribution in [0.5, 0.6) is 5.75 Å². The highest BCUT2D eigenvalue weighted by Crippen LogP contribution is 2.17. The molecule has 0 radical (unpaired) electrons. The second-order valence-electron chi connectivity index (χ2n) is 3.74. The van der Waals surface area contributed by atoms with Crippen molar-refractivity contribution >= 4 is 5.69 Å². The zero-order valence-electron chi connectivity index (χ0n) is 9.80. The molecule has 5 N–H and O–H groups in total. The second-order valence-corrected chi connectivity index (χ2v) is 3.74. The summed E-state index contributed by atoms with van der Waals surface area (Å²) in [4.78, 5) is 0. The van der Waals surface area contributed by atoms with Gasteiger partial charge in [0, 0.05) is 18.3 Å². The Morgan fingerprint density at radius 1 is 1.41 bits per heavy atom. The number of aliphatic hydroxyl groups excluding tert-OH is 2. The summed E-state index contributed by atoms with van der Waals surface area (Å²) < 4.78 is 5.33. The molecule has 0 aliphatic rings. The van der Waals surface area contributed by atoms with Gasteiger partial charge in [-0.3, -0.25) is 0 Å². The van der Waals surface area contributed by atoms with Gasteiger partial charge in [-0.1, -0.05) is 6.07 Å². The number of aliphatic hydroxyl groups is 2. The van der Waals surface area contributed by atoms with Gasteiger partial charge in [0.15, 0.2) is 0 Å². The molecule has 0 bridgehead atoms. The van der Waals surface area contributed by atoms with Crippen LogP contribution in [-0.4, -0.2) is 42.6 Å². The van der Waals surface area contributed by atoms with Gasteiger partial charge in [-0.25, -0.2) is 0 Å². The first-order valence-corrected chi connectivity index (χ1v) is 5.72. The lowest BCUT2D eigenvalue weighted by atomic mass is 10.3. The maximum atomic E-state index is 9.16. The van der Waals surface area contributed by atoms with E-state index >= 15 is 0 Å². The van der Waals surface area contributed by atoms with Gasteiger partial charge in [-0.2, -0.15) is 0 Å². The Bertz CT molecular complexity index is 320. The van der Waals surface area contributed by atoms with E-state index in [1.807, 2.05) is 18.2 Å². The molecule has 1 unspecified atom stereocenters. The van der Waals surface area contributed by atoms with Crippen LogP contribution in [0.1, 0.15) is 6.42 Å². The molecule has 0 saturated heterocycles. The lowest BCUT2D eigenvalue weighted by Gasteiger charge is -2.11. The van der Waals surface area contributed by atoms with E-state index in [-0.39, 0.29) is 13.2 Å². The minimum absolute atomic E-state index is 0.0861. The zero-order chi connectivity index (χ0) is 12.5. The van der Waals surface area contributed by atoms with Gasteiger partial charge in [0.1, 0.15) is 18.5 Å². The summed E-state index contributed by atoms with van der Waals surface area (Å²) in [7, 11) is 0. The molecule has 96 valence electrons. The van der Waals surface area contributed by atoms with Gasteiger partial charge < -0.3 is 26.0 Å². The third kappa shape index (κ3) is 5.53. The fraction of sp³-hybridized carbons (Fsp3) is 0.500. The van der Waals surface area contributed by atoms with Crippen LogP contribution in [0.2, 0.25) is 0 Å². The van der Waals surface area contributed by atoms with E-state index < -0.39 is 6.10 Å². The van der Waals surface area contributed by atoms with Crippen molar-refractivity contribution in [1.82, 2.24) is 0 Å². The maximum Gasteiger partial charge on any atom is 0.121 e. The molecule has 0 aliphatic carbocycles. The number of hydrogen-bond acceptors (Lipinski definition) is 5. The number of rotatable bonds is 8. The van der Waals surface area contributed by atoms with Crippen LogP contribution in [-0.2, 0) is 0 Å². The molecule has 17 heavy (non-hydrogen) atoms. The van der Waals surface area contributed by atoms with E-state index in [9.17, 15) is 0 Å². The van der Waals surface area contributed by atoms with Crippen LogP contribution >= 0.6 is 0 Å². The third-order valence-corrected chi connectivity index (χ3v) is 2.20. The highest BCUT2D eigenvalue weighted by Gasteiger charge is 2.03. The van der Waals surface area contributed by atoms with Gasteiger partial charge in [-0.05, 0) is 25.1 Å². The Kier molecular flexibility index (Phi) is 6.39. The molecular formula is C12H20N2O3. The minimum Gasteiger partial charge on any atom is -0.491 e. The predicted molar refractivity (Wildman–Crippen MR) is 67.2 cm³/mol. The van der Waals surface area contributed by atoms with Crippen molar-refractivity contribution in [1.29, 1.82) is 0 Å².